The number of hydrogen-bond donors (Lipinski definition) is 2. The summed E-state index contributed by atoms with van der Waals surface area (Å²) in [4.78, 5) is 1.45. The Labute approximate surface area is 100 Å². The first-order chi connectivity index (χ1) is 7.81. The molecule has 1 aliphatic heterocycles. The van der Waals surface area contributed by atoms with E-state index in [-0.39, 0.29) is 6.10 Å². The fourth-order valence-corrected chi connectivity index (χ4v) is 3.68. The molecule has 3 rings (SSSR count). The molecular weight excluding hydrogens is 218 g/mol. The van der Waals surface area contributed by atoms with Crippen LogP contribution in [0, 0.1) is 0 Å². The van der Waals surface area contributed by atoms with Crippen LogP contribution in [0.3, 0.4) is 0 Å². The van der Waals surface area contributed by atoms with Crippen molar-refractivity contribution < 1.29 is 5.11 Å². The molecule has 16 heavy (non-hydrogen) atoms. The molecule has 2 nitrogen and oxygen atoms in total. The third kappa shape index (κ3) is 2.12. The Morgan fingerprint density at radius 3 is 2.88 bits per heavy atom. The van der Waals surface area contributed by atoms with Gasteiger partial charge in [-0.1, -0.05) is 18.2 Å². The second-order valence-corrected chi connectivity index (χ2v) is 6.12. The van der Waals surface area contributed by atoms with Crippen LogP contribution in [0.2, 0.25) is 0 Å². The summed E-state index contributed by atoms with van der Waals surface area (Å²) in [5.41, 5.74) is 1.49. The lowest BCUT2D eigenvalue weighted by Crippen LogP contribution is -2.46. The van der Waals surface area contributed by atoms with Gasteiger partial charge in [0.2, 0.25) is 0 Å². The van der Waals surface area contributed by atoms with Crippen LogP contribution in [-0.2, 0) is 6.42 Å². The Bertz CT molecular complexity index is 351. The molecule has 1 aliphatic carbocycles. The van der Waals surface area contributed by atoms with Crippen LogP contribution < -0.4 is 5.32 Å². The van der Waals surface area contributed by atoms with E-state index in [2.05, 4.69) is 29.6 Å². The van der Waals surface area contributed by atoms with Crippen molar-refractivity contribution in [1.82, 2.24) is 5.32 Å². The van der Waals surface area contributed by atoms with Gasteiger partial charge >= 0.3 is 0 Å². The van der Waals surface area contributed by atoms with E-state index in [1.165, 1.54) is 16.9 Å². The molecule has 0 amide bonds. The van der Waals surface area contributed by atoms with Crippen LogP contribution in [0.5, 0.6) is 0 Å². The predicted molar refractivity (Wildman–Crippen MR) is 66.8 cm³/mol. The monoisotopic (exact) mass is 235 g/mol. The maximum atomic E-state index is 9.21. The highest BCUT2D eigenvalue weighted by Gasteiger charge is 2.28. The SMILES string of the molecule is OC1CC(NCC2Cc3ccccc3S2)C1. The second kappa shape index (κ2) is 4.40. The zero-order valence-electron chi connectivity index (χ0n) is 9.23. The molecule has 1 aromatic carbocycles. The highest BCUT2D eigenvalue weighted by atomic mass is 32.2. The van der Waals surface area contributed by atoms with Crippen molar-refractivity contribution in [2.24, 2.45) is 0 Å². The predicted octanol–water partition coefficient (Wildman–Crippen LogP) is 1.82. The third-order valence-electron chi connectivity index (χ3n) is 3.46. The summed E-state index contributed by atoms with van der Waals surface area (Å²) in [6.07, 6.45) is 3.00. The molecule has 2 N–H and O–H groups in total. The van der Waals surface area contributed by atoms with E-state index in [0.29, 0.717) is 11.3 Å². The minimum atomic E-state index is -0.0501. The Hall–Kier alpha value is -0.510. The van der Waals surface area contributed by atoms with Gasteiger partial charge in [0.1, 0.15) is 0 Å². The summed E-state index contributed by atoms with van der Waals surface area (Å²) in [5.74, 6) is 0. The van der Waals surface area contributed by atoms with Gasteiger partial charge in [0.25, 0.3) is 0 Å². The molecule has 0 saturated heterocycles. The van der Waals surface area contributed by atoms with Crippen molar-refractivity contribution in [2.75, 3.05) is 6.54 Å². The van der Waals surface area contributed by atoms with Crippen LogP contribution in [0.25, 0.3) is 0 Å². The van der Waals surface area contributed by atoms with Crippen molar-refractivity contribution in [1.29, 1.82) is 0 Å². The van der Waals surface area contributed by atoms with E-state index in [4.69, 9.17) is 0 Å². The Morgan fingerprint density at radius 2 is 2.12 bits per heavy atom. The van der Waals surface area contributed by atoms with Crippen LogP contribution in [-0.4, -0.2) is 29.0 Å². The van der Waals surface area contributed by atoms with Crippen LogP contribution in [0.4, 0.5) is 0 Å². The van der Waals surface area contributed by atoms with E-state index >= 15 is 0 Å². The van der Waals surface area contributed by atoms with E-state index in [1.807, 2.05) is 11.8 Å². The number of thioether (sulfide) groups is 1. The largest absolute Gasteiger partial charge is 0.393 e. The lowest BCUT2D eigenvalue weighted by molar-refractivity contribution is 0.0628. The number of aliphatic hydroxyl groups excluding tert-OH is 1. The molecule has 86 valence electrons. The average molecular weight is 235 g/mol. The summed E-state index contributed by atoms with van der Waals surface area (Å²) in [6, 6.07) is 9.24. The van der Waals surface area contributed by atoms with Gasteiger partial charge in [-0.15, -0.1) is 11.8 Å². The lowest BCUT2D eigenvalue weighted by atomic mass is 9.89. The quantitative estimate of drug-likeness (QED) is 0.838. The first kappa shape index (κ1) is 10.6. The van der Waals surface area contributed by atoms with Gasteiger partial charge < -0.3 is 10.4 Å². The maximum Gasteiger partial charge on any atom is 0.0570 e. The standard InChI is InChI=1S/C13H17NOS/c15-11-6-10(7-11)14-8-12-5-9-3-1-2-4-13(9)16-12/h1-4,10-12,14-15H,5-8H2. The van der Waals surface area contributed by atoms with Crippen molar-refractivity contribution in [3.8, 4) is 0 Å². The number of benzene rings is 1. The summed E-state index contributed by atoms with van der Waals surface area (Å²) in [6.45, 7) is 1.07. The van der Waals surface area contributed by atoms with Crippen molar-refractivity contribution >= 4 is 11.8 Å². The fourth-order valence-electron chi connectivity index (χ4n) is 2.42. The lowest BCUT2D eigenvalue weighted by Gasteiger charge is -2.32. The maximum absolute atomic E-state index is 9.21. The molecule has 0 spiro atoms. The van der Waals surface area contributed by atoms with Crippen LogP contribution >= 0.6 is 11.8 Å². The molecule has 1 unspecified atom stereocenters. The molecule has 0 bridgehead atoms. The van der Waals surface area contributed by atoms with Gasteiger partial charge in [-0.2, -0.15) is 0 Å². The van der Waals surface area contributed by atoms with E-state index in [1.54, 1.807) is 0 Å². The molecule has 0 radical (unpaired) electrons. The highest BCUT2D eigenvalue weighted by molar-refractivity contribution is 8.00. The molecule has 1 atom stereocenters. The summed E-state index contributed by atoms with van der Waals surface area (Å²) < 4.78 is 0. The molecule has 0 aromatic heterocycles. The van der Waals surface area contributed by atoms with E-state index < -0.39 is 0 Å². The van der Waals surface area contributed by atoms with Crippen molar-refractivity contribution in [2.45, 2.75) is 41.6 Å². The van der Waals surface area contributed by atoms with Gasteiger partial charge in [0, 0.05) is 22.7 Å². The summed E-state index contributed by atoms with van der Waals surface area (Å²) in [5, 5.41) is 13.4. The van der Waals surface area contributed by atoms with Gasteiger partial charge in [-0.05, 0) is 30.9 Å². The first-order valence-corrected chi connectivity index (χ1v) is 6.85. The van der Waals surface area contributed by atoms with E-state index in [9.17, 15) is 5.11 Å². The number of hydrogen-bond acceptors (Lipinski definition) is 3. The Kier molecular flexibility index (Phi) is 2.92. The van der Waals surface area contributed by atoms with Gasteiger partial charge in [0.15, 0.2) is 0 Å². The molecular formula is C13H17NOS. The fraction of sp³-hybridized carbons (Fsp3) is 0.538. The second-order valence-electron chi connectivity index (χ2n) is 4.78. The Morgan fingerprint density at radius 1 is 1.31 bits per heavy atom. The zero-order chi connectivity index (χ0) is 11.0. The van der Waals surface area contributed by atoms with Crippen LogP contribution in [0.15, 0.2) is 29.2 Å². The first-order valence-electron chi connectivity index (χ1n) is 5.97. The van der Waals surface area contributed by atoms with Gasteiger partial charge in [-0.3, -0.25) is 0 Å². The summed E-state index contributed by atoms with van der Waals surface area (Å²) in [7, 11) is 0. The molecule has 1 heterocycles. The number of aliphatic hydroxyl groups is 1. The molecule has 1 fully saturated rings. The minimum Gasteiger partial charge on any atom is -0.393 e. The molecule has 1 saturated carbocycles. The van der Waals surface area contributed by atoms with E-state index in [0.717, 1.165) is 19.4 Å². The molecule has 3 heteroatoms. The van der Waals surface area contributed by atoms with Crippen molar-refractivity contribution in [3.05, 3.63) is 29.8 Å². The van der Waals surface area contributed by atoms with Crippen molar-refractivity contribution in [3.63, 3.8) is 0 Å². The molecule has 1 aromatic rings. The zero-order valence-corrected chi connectivity index (χ0v) is 10.0. The topological polar surface area (TPSA) is 32.3 Å². The smallest absolute Gasteiger partial charge is 0.0570 e. The summed E-state index contributed by atoms with van der Waals surface area (Å²) >= 11 is 1.99. The van der Waals surface area contributed by atoms with Gasteiger partial charge in [-0.25, -0.2) is 0 Å². The van der Waals surface area contributed by atoms with Crippen LogP contribution in [0.1, 0.15) is 18.4 Å². The average Bonchev–Trinajstić information content (AvgIpc) is 2.65. The number of rotatable bonds is 3. The number of nitrogens with one attached hydrogen (secondary N) is 1. The third-order valence-corrected chi connectivity index (χ3v) is 4.78. The highest BCUT2D eigenvalue weighted by Crippen LogP contribution is 2.36. The number of fused-ring (bicyclic) bond motifs is 1. The molecule has 2 aliphatic rings. The normalized spacial score (nSPS) is 32.2. The minimum absolute atomic E-state index is 0.0501. The van der Waals surface area contributed by atoms with Gasteiger partial charge in [0.05, 0.1) is 6.10 Å². The Balaban J connectivity index is 1.49.